The third kappa shape index (κ3) is 2.76. The van der Waals surface area contributed by atoms with Gasteiger partial charge in [-0.1, -0.05) is 5.16 Å². The van der Waals surface area contributed by atoms with Crippen molar-refractivity contribution in [3.05, 3.63) is 35.8 Å². The van der Waals surface area contributed by atoms with Gasteiger partial charge in [-0.3, -0.25) is 4.79 Å². The van der Waals surface area contributed by atoms with Gasteiger partial charge in [-0.25, -0.2) is 9.61 Å². The summed E-state index contributed by atoms with van der Waals surface area (Å²) in [5.41, 5.74) is 1.71. The summed E-state index contributed by atoms with van der Waals surface area (Å²) < 4.78 is 11.7. The molecule has 0 aliphatic rings. The van der Waals surface area contributed by atoms with Crippen LogP contribution in [0.3, 0.4) is 0 Å². The van der Waals surface area contributed by atoms with Gasteiger partial charge in [0.2, 0.25) is 0 Å². The van der Waals surface area contributed by atoms with E-state index >= 15 is 0 Å². The summed E-state index contributed by atoms with van der Waals surface area (Å²) in [4.78, 5) is 16.4. The maximum atomic E-state index is 12.1. The van der Waals surface area contributed by atoms with E-state index in [0.29, 0.717) is 23.8 Å². The number of nitrogens with one attached hydrogen (secondary N) is 1. The molecule has 1 amide bonds. The molecule has 1 N–H and O–H groups in total. The average molecular weight is 301 g/mol. The first kappa shape index (κ1) is 14.1. The van der Waals surface area contributed by atoms with E-state index in [1.54, 1.807) is 13.0 Å². The smallest absolute Gasteiger partial charge is 0.278 e. The molecule has 0 unspecified atom stereocenters. The molecule has 22 heavy (non-hydrogen) atoms. The highest BCUT2D eigenvalue weighted by Gasteiger charge is 2.10. The third-order valence-electron chi connectivity index (χ3n) is 3.19. The molecule has 0 saturated carbocycles. The van der Waals surface area contributed by atoms with Gasteiger partial charge in [-0.2, -0.15) is 0 Å². The molecule has 8 nitrogen and oxygen atoms in total. The standard InChI is InChI=1S/C14H15N5O3/c1-9-14(18-22-17-9)21-8-6-15-13(20)11-4-3-10-5-7-19(2)12(10)16-11/h3-5,7H,6,8H2,1-2H3,(H,15,20). The summed E-state index contributed by atoms with van der Waals surface area (Å²) in [6.07, 6.45) is 1.90. The van der Waals surface area contributed by atoms with Crippen molar-refractivity contribution in [2.45, 2.75) is 6.92 Å². The first-order valence-electron chi connectivity index (χ1n) is 6.77. The molecular formula is C14H15N5O3. The van der Waals surface area contributed by atoms with Crippen LogP contribution in [0, 0.1) is 6.92 Å². The zero-order valence-corrected chi connectivity index (χ0v) is 12.2. The van der Waals surface area contributed by atoms with Crippen molar-refractivity contribution in [3.63, 3.8) is 0 Å². The normalized spacial score (nSPS) is 10.8. The van der Waals surface area contributed by atoms with Crippen LogP contribution in [0.25, 0.3) is 11.0 Å². The van der Waals surface area contributed by atoms with E-state index in [-0.39, 0.29) is 12.5 Å². The second kappa shape index (κ2) is 5.84. The fourth-order valence-electron chi connectivity index (χ4n) is 2.02. The predicted molar refractivity (Wildman–Crippen MR) is 77.6 cm³/mol. The minimum absolute atomic E-state index is 0.248. The lowest BCUT2D eigenvalue weighted by atomic mass is 10.3. The number of rotatable bonds is 5. The van der Waals surface area contributed by atoms with Crippen molar-refractivity contribution in [3.8, 4) is 5.88 Å². The Labute approximate surface area is 126 Å². The Kier molecular flexibility index (Phi) is 3.73. The van der Waals surface area contributed by atoms with Gasteiger partial charge in [0.05, 0.1) is 6.54 Å². The Morgan fingerprint density at radius 1 is 1.36 bits per heavy atom. The number of hydrogen-bond acceptors (Lipinski definition) is 6. The number of nitrogens with zero attached hydrogens (tertiary/aromatic N) is 4. The van der Waals surface area contributed by atoms with Crippen LogP contribution in [0.5, 0.6) is 5.88 Å². The highest BCUT2D eigenvalue weighted by atomic mass is 16.6. The zero-order chi connectivity index (χ0) is 15.5. The Morgan fingerprint density at radius 3 is 3.00 bits per heavy atom. The molecule has 114 valence electrons. The number of hydrogen-bond donors (Lipinski definition) is 1. The number of carbonyl (C=O) groups excluding carboxylic acids is 1. The third-order valence-corrected chi connectivity index (χ3v) is 3.19. The van der Waals surface area contributed by atoms with Crippen LogP contribution in [0.2, 0.25) is 0 Å². The molecule has 3 aromatic rings. The van der Waals surface area contributed by atoms with E-state index in [0.717, 1.165) is 11.0 Å². The number of aryl methyl sites for hydroxylation is 2. The van der Waals surface area contributed by atoms with Gasteiger partial charge in [-0.05, 0) is 30.3 Å². The van der Waals surface area contributed by atoms with Gasteiger partial charge >= 0.3 is 0 Å². The monoisotopic (exact) mass is 301 g/mol. The van der Waals surface area contributed by atoms with E-state index in [2.05, 4.69) is 25.2 Å². The van der Waals surface area contributed by atoms with Crippen LogP contribution in [-0.2, 0) is 7.05 Å². The van der Waals surface area contributed by atoms with Gasteiger partial charge in [0, 0.05) is 18.6 Å². The molecule has 0 aliphatic heterocycles. The first-order chi connectivity index (χ1) is 10.6. The molecule has 0 aromatic carbocycles. The average Bonchev–Trinajstić information content (AvgIpc) is 3.10. The van der Waals surface area contributed by atoms with Crippen molar-refractivity contribution in [1.29, 1.82) is 0 Å². The molecule has 3 aromatic heterocycles. The lowest BCUT2D eigenvalue weighted by molar-refractivity contribution is 0.0941. The number of ether oxygens (including phenoxy) is 1. The Hall–Kier alpha value is -2.90. The SMILES string of the molecule is Cc1nonc1OCCNC(=O)c1ccc2ccn(C)c2n1. The largest absolute Gasteiger partial charge is 0.472 e. The molecule has 3 rings (SSSR count). The van der Waals surface area contributed by atoms with Crippen molar-refractivity contribution < 1.29 is 14.2 Å². The van der Waals surface area contributed by atoms with E-state index in [1.165, 1.54) is 0 Å². The number of aromatic nitrogens is 4. The molecule has 0 spiro atoms. The van der Waals surface area contributed by atoms with Gasteiger partial charge in [0.1, 0.15) is 23.6 Å². The molecular weight excluding hydrogens is 286 g/mol. The first-order valence-corrected chi connectivity index (χ1v) is 6.77. The molecule has 0 fully saturated rings. The number of carbonyl (C=O) groups is 1. The van der Waals surface area contributed by atoms with Crippen LogP contribution >= 0.6 is 0 Å². The van der Waals surface area contributed by atoms with E-state index in [9.17, 15) is 4.79 Å². The number of amides is 1. The lowest BCUT2D eigenvalue weighted by Crippen LogP contribution is -2.28. The molecule has 0 saturated heterocycles. The highest BCUT2D eigenvalue weighted by molar-refractivity contribution is 5.94. The molecule has 0 radical (unpaired) electrons. The van der Waals surface area contributed by atoms with Crippen molar-refractivity contribution in [2.24, 2.45) is 7.05 Å². The molecule has 0 aliphatic carbocycles. The maximum absolute atomic E-state index is 12.1. The van der Waals surface area contributed by atoms with Crippen LogP contribution in [0.4, 0.5) is 0 Å². The van der Waals surface area contributed by atoms with Gasteiger partial charge < -0.3 is 14.6 Å². The summed E-state index contributed by atoms with van der Waals surface area (Å²) in [5, 5.41) is 10.9. The summed E-state index contributed by atoms with van der Waals surface area (Å²) in [5.74, 6) is 0.0827. The topological polar surface area (TPSA) is 95.1 Å². The van der Waals surface area contributed by atoms with Gasteiger partial charge in [0.25, 0.3) is 11.8 Å². The van der Waals surface area contributed by atoms with Crippen LogP contribution < -0.4 is 10.1 Å². The van der Waals surface area contributed by atoms with Crippen molar-refractivity contribution in [1.82, 2.24) is 25.2 Å². The summed E-state index contributed by atoms with van der Waals surface area (Å²) in [6, 6.07) is 5.52. The summed E-state index contributed by atoms with van der Waals surface area (Å²) in [7, 11) is 1.89. The number of pyridine rings is 1. The molecule has 0 atom stereocenters. The highest BCUT2D eigenvalue weighted by Crippen LogP contribution is 2.13. The molecule has 3 heterocycles. The summed E-state index contributed by atoms with van der Waals surface area (Å²) in [6.45, 7) is 2.33. The minimum Gasteiger partial charge on any atom is -0.472 e. The maximum Gasteiger partial charge on any atom is 0.278 e. The minimum atomic E-state index is -0.248. The number of fused-ring (bicyclic) bond motifs is 1. The zero-order valence-electron chi connectivity index (χ0n) is 12.2. The van der Waals surface area contributed by atoms with E-state index in [4.69, 9.17) is 4.74 Å². The van der Waals surface area contributed by atoms with Crippen molar-refractivity contribution in [2.75, 3.05) is 13.2 Å². The van der Waals surface area contributed by atoms with Crippen molar-refractivity contribution >= 4 is 16.9 Å². The van der Waals surface area contributed by atoms with E-state index in [1.807, 2.05) is 29.9 Å². The Bertz CT molecular complexity index is 808. The Morgan fingerprint density at radius 2 is 2.23 bits per heavy atom. The predicted octanol–water partition coefficient (Wildman–Crippen LogP) is 1.07. The van der Waals surface area contributed by atoms with E-state index < -0.39 is 0 Å². The quantitative estimate of drug-likeness (QED) is 0.708. The Balaban J connectivity index is 1.56. The second-order valence-corrected chi connectivity index (χ2v) is 4.80. The fourth-order valence-corrected chi connectivity index (χ4v) is 2.02. The van der Waals surface area contributed by atoms with Crippen LogP contribution in [0.1, 0.15) is 16.2 Å². The lowest BCUT2D eigenvalue weighted by Gasteiger charge is -2.06. The van der Waals surface area contributed by atoms with Gasteiger partial charge in [0.15, 0.2) is 0 Å². The van der Waals surface area contributed by atoms with Crippen LogP contribution in [0.15, 0.2) is 29.0 Å². The fraction of sp³-hybridized carbons (Fsp3) is 0.286. The van der Waals surface area contributed by atoms with Crippen LogP contribution in [-0.4, -0.2) is 38.9 Å². The molecule has 8 heteroatoms. The summed E-state index contributed by atoms with van der Waals surface area (Å²) >= 11 is 0. The van der Waals surface area contributed by atoms with Gasteiger partial charge in [-0.15, -0.1) is 0 Å². The second-order valence-electron chi connectivity index (χ2n) is 4.80. The molecule has 0 bridgehead atoms.